The van der Waals surface area contributed by atoms with E-state index in [1.54, 1.807) is 14.5 Å². The Bertz CT molecular complexity index is 22.8. The van der Waals surface area contributed by atoms with Crippen LogP contribution in [0.5, 0.6) is 0 Å². The monoisotopic (exact) mass is 86.1 g/mol. The molecule has 0 amide bonds. The first kappa shape index (κ1) is 5.98. The Morgan fingerprint density at radius 3 is 2.67 bits per heavy atom. The third-order valence-electron chi connectivity index (χ3n) is 0.489. The van der Waals surface area contributed by atoms with Crippen molar-refractivity contribution in [3.05, 3.63) is 0 Å². The lowest BCUT2D eigenvalue weighted by Crippen LogP contribution is -2.05. The summed E-state index contributed by atoms with van der Waals surface area (Å²) in [6.07, 6.45) is 0.844. The standard InChI is InChI=1S/C3H9BNO/c1-6-3-2-4-5/h2-3,5H2,1H3. The van der Waals surface area contributed by atoms with Gasteiger partial charge in [0.1, 0.15) is 0 Å². The number of methoxy groups -OCH3 is 1. The van der Waals surface area contributed by atoms with E-state index in [0.29, 0.717) is 0 Å². The quantitative estimate of drug-likeness (QED) is 0.375. The topological polar surface area (TPSA) is 35.2 Å². The van der Waals surface area contributed by atoms with Crippen molar-refractivity contribution in [2.45, 2.75) is 6.32 Å². The summed E-state index contributed by atoms with van der Waals surface area (Å²) in [5.74, 6) is 0. The van der Waals surface area contributed by atoms with Crippen molar-refractivity contribution < 1.29 is 4.74 Å². The van der Waals surface area contributed by atoms with E-state index in [-0.39, 0.29) is 0 Å². The normalized spacial score (nSPS) is 8.33. The summed E-state index contributed by atoms with van der Waals surface area (Å²) in [6, 6.07) is 0. The minimum Gasteiger partial charge on any atom is -0.385 e. The first-order chi connectivity index (χ1) is 2.91. The van der Waals surface area contributed by atoms with Crippen LogP contribution >= 0.6 is 0 Å². The first-order valence-electron chi connectivity index (χ1n) is 1.94. The number of hydrogen-bond acceptors (Lipinski definition) is 2. The van der Waals surface area contributed by atoms with Gasteiger partial charge < -0.3 is 10.4 Å². The van der Waals surface area contributed by atoms with E-state index < -0.39 is 0 Å². The molecule has 0 saturated carbocycles. The first-order valence-corrected chi connectivity index (χ1v) is 1.94. The van der Waals surface area contributed by atoms with E-state index in [4.69, 9.17) is 5.64 Å². The third kappa shape index (κ3) is 3.98. The van der Waals surface area contributed by atoms with Gasteiger partial charge in [-0.25, -0.2) is 0 Å². The number of ether oxygens (including phenoxy) is 1. The second-order valence-electron chi connectivity index (χ2n) is 1.02. The Kier molecular flexibility index (Phi) is 4.97. The highest BCUT2D eigenvalue weighted by atomic mass is 16.5. The molecule has 0 aromatic rings. The predicted octanol–water partition coefficient (Wildman–Crippen LogP) is -0.371. The molecule has 0 aliphatic carbocycles. The maximum atomic E-state index is 5.01. The predicted molar refractivity (Wildman–Crippen MR) is 26.6 cm³/mol. The second kappa shape index (κ2) is 4.98. The molecule has 0 aromatic heterocycles. The Hall–Kier alpha value is -0.0151. The van der Waals surface area contributed by atoms with E-state index >= 15 is 0 Å². The Morgan fingerprint density at radius 1 is 1.83 bits per heavy atom. The van der Waals surface area contributed by atoms with Crippen molar-refractivity contribution in [3.63, 3.8) is 0 Å². The summed E-state index contributed by atoms with van der Waals surface area (Å²) in [5.41, 5.74) is 5.01. The third-order valence-corrected chi connectivity index (χ3v) is 0.489. The number of hydrogen-bond donors (Lipinski definition) is 1. The van der Waals surface area contributed by atoms with Gasteiger partial charge in [-0.2, -0.15) is 0 Å². The van der Waals surface area contributed by atoms with Crippen molar-refractivity contribution >= 4 is 7.41 Å². The second-order valence-corrected chi connectivity index (χ2v) is 1.02. The Morgan fingerprint density at radius 2 is 2.50 bits per heavy atom. The van der Waals surface area contributed by atoms with E-state index in [0.717, 1.165) is 12.9 Å². The smallest absolute Gasteiger partial charge is 0.204 e. The SMILES string of the molecule is COCC[B]N. The van der Waals surface area contributed by atoms with Gasteiger partial charge in [0.2, 0.25) is 7.41 Å². The Balaban J connectivity index is 2.34. The summed E-state index contributed by atoms with van der Waals surface area (Å²) in [4.78, 5) is 0. The van der Waals surface area contributed by atoms with Gasteiger partial charge in [0.15, 0.2) is 0 Å². The minimum atomic E-state index is 0.733. The highest BCUT2D eigenvalue weighted by Gasteiger charge is 1.78. The molecule has 0 bridgehead atoms. The molecule has 0 spiro atoms. The zero-order chi connectivity index (χ0) is 4.83. The molecule has 0 aliphatic heterocycles. The van der Waals surface area contributed by atoms with Gasteiger partial charge in [0.25, 0.3) is 0 Å². The molecule has 0 heterocycles. The highest BCUT2D eigenvalue weighted by molar-refractivity contribution is 6.30. The molecule has 0 aromatic carbocycles. The zero-order valence-electron chi connectivity index (χ0n) is 3.98. The van der Waals surface area contributed by atoms with Crippen molar-refractivity contribution in [1.29, 1.82) is 0 Å². The van der Waals surface area contributed by atoms with E-state index in [1.807, 2.05) is 0 Å². The molecule has 2 N–H and O–H groups in total. The largest absolute Gasteiger partial charge is 0.385 e. The van der Waals surface area contributed by atoms with Crippen LogP contribution in [0.2, 0.25) is 6.32 Å². The molecule has 6 heavy (non-hydrogen) atoms. The molecule has 1 radical (unpaired) electrons. The molecule has 0 aliphatic rings. The van der Waals surface area contributed by atoms with Crippen LogP contribution in [0.1, 0.15) is 0 Å². The van der Waals surface area contributed by atoms with Crippen molar-refractivity contribution in [2.24, 2.45) is 5.64 Å². The molecule has 0 fully saturated rings. The summed E-state index contributed by atoms with van der Waals surface area (Å²) in [6.45, 7) is 0.733. The van der Waals surface area contributed by atoms with Crippen molar-refractivity contribution in [1.82, 2.24) is 0 Å². The van der Waals surface area contributed by atoms with Crippen molar-refractivity contribution in [3.8, 4) is 0 Å². The van der Waals surface area contributed by atoms with Crippen LogP contribution in [0, 0.1) is 0 Å². The van der Waals surface area contributed by atoms with Gasteiger partial charge in [-0.3, -0.25) is 0 Å². The number of nitrogens with two attached hydrogens (primary N) is 1. The number of rotatable bonds is 3. The molecular weight excluding hydrogens is 76.9 g/mol. The maximum absolute atomic E-state index is 5.01. The van der Waals surface area contributed by atoms with Crippen LogP contribution in [-0.2, 0) is 4.74 Å². The van der Waals surface area contributed by atoms with Crippen LogP contribution in [0.4, 0.5) is 0 Å². The van der Waals surface area contributed by atoms with Crippen LogP contribution in [0.15, 0.2) is 0 Å². The fraction of sp³-hybridized carbons (Fsp3) is 1.00. The molecule has 0 rings (SSSR count). The van der Waals surface area contributed by atoms with Gasteiger partial charge >= 0.3 is 0 Å². The van der Waals surface area contributed by atoms with E-state index in [2.05, 4.69) is 4.74 Å². The molecule has 0 atom stereocenters. The molecule has 0 unspecified atom stereocenters. The maximum Gasteiger partial charge on any atom is 0.204 e. The summed E-state index contributed by atoms with van der Waals surface area (Å²) in [7, 11) is 3.24. The van der Waals surface area contributed by atoms with Crippen molar-refractivity contribution in [2.75, 3.05) is 13.7 Å². The van der Waals surface area contributed by atoms with Gasteiger partial charge in [0.05, 0.1) is 0 Å². The van der Waals surface area contributed by atoms with Crippen LogP contribution in [0.25, 0.3) is 0 Å². The average molecular weight is 85.9 g/mol. The average Bonchev–Trinajstić information content (AvgIpc) is 1.61. The molecule has 2 nitrogen and oxygen atoms in total. The van der Waals surface area contributed by atoms with E-state index in [9.17, 15) is 0 Å². The molecule has 3 heteroatoms. The lowest BCUT2D eigenvalue weighted by molar-refractivity contribution is 0.215. The van der Waals surface area contributed by atoms with Gasteiger partial charge in [-0.05, 0) is 6.32 Å². The van der Waals surface area contributed by atoms with Crippen LogP contribution in [0.3, 0.4) is 0 Å². The summed E-state index contributed by atoms with van der Waals surface area (Å²) in [5, 5.41) is 0. The summed E-state index contributed by atoms with van der Waals surface area (Å²) >= 11 is 0. The van der Waals surface area contributed by atoms with Gasteiger partial charge in [-0.15, -0.1) is 0 Å². The fourth-order valence-corrected chi connectivity index (χ4v) is 0.186. The Labute approximate surface area is 38.9 Å². The zero-order valence-corrected chi connectivity index (χ0v) is 3.98. The minimum absolute atomic E-state index is 0.733. The van der Waals surface area contributed by atoms with E-state index in [1.165, 1.54) is 0 Å². The molecule has 35 valence electrons. The lowest BCUT2D eigenvalue weighted by Gasteiger charge is -1.88. The van der Waals surface area contributed by atoms with Gasteiger partial charge in [-0.1, -0.05) is 0 Å². The molecular formula is C3H9BNO. The fourth-order valence-electron chi connectivity index (χ4n) is 0.186. The molecule has 0 saturated heterocycles. The summed E-state index contributed by atoms with van der Waals surface area (Å²) < 4.78 is 4.67. The van der Waals surface area contributed by atoms with Crippen LogP contribution in [-0.4, -0.2) is 21.1 Å². The van der Waals surface area contributed by atoms with Crippen LogP contribution < -0.4 is 5.64 Å². The van der Waals surface area contributed by atoms with Gasteiger partial charge in [0, 0.05) is 13.7 Å². The highest BCUT2D eigenvalue weighted by Crippen LogP contribution is 1.71. The lowest BCUT2D eigenvalue weighted by atomic mass is 9.93.